The van der Waals surface area contributed by atoms with Gasteiger partial charge in [0.1, 0.15) is 0 Å². The van der Waals surface area contributed by atoms with Crippen molar-refractivity contribution in [1.82, 2.24) is 4.90 Å². The zero-order chi connectivity index (χ0) is 15.4. The van der Waals surface area contributed by atoms with Crippen LogP contribution < -0.4 is 0 Å². The van der Waals surface area contributed by atoms with Crippen molar-refractivity contribution >= 4 is 10.8 Å². The fraction of sp³-hybridized carbons (Fsp3) is 0.238. The molecule has 3 rings (SSSR count). The van der Waals surface area contributed by atoms with Gasteiger partial charge in [-0.1, -0.05) is 61.2 Å². The predicted octanol–water partition coefficient (Wildman–Crippen LogP) is 5.45. The fourth-order valence-electron chi connectivity index (χ4n) is 3.26. The van der Waals surface area contributed by atoms with E-state index in [2.05, 4.69) is 66.9 Å². The molecule has 112 valence electrons. The SMILES string of the molecule is C=C/C=C\C1=C(C)CCCN1Cc1cccc2ccccc12. The Morgan fingerprint density at radius 2 is 1.95 bits per heavy atom. The van der Waals surface area contributed by atoms with E-state index in [1.165, 1.54) is 40.4 Å². The average Bonchev–Trinajstić information content (AvgIpc) is 2.55. The lowest BCUT2D eigenvalue weighted by Crippen LogP contribution is -2.27. The van der Waals surface area contributed by atoms with Crippen LogP contribution in [0.2, 0.25) is 0 Å². The smallest absolute Gasteiger partial charge is 0.0435 e. The van der Waals surface area contributed by atoms with Gasteiger partial charge >= 0.3 is 0 Å². The minimum Gasteiger partial charge on any atom is -0.367 e. The molecule has 22 heavy (non-hydrogen) atoms. The van der Waals surface area contributed by atoms with Gasteiger partial charge in [-0.2, -0.15) is 0 Å². The summed E-state index contributed by atoms with van der Waals surface area (Å²) in [6.45, 7) is 8.13. The molecule has 0 spiro atoms. The summed E-state index contributed by atoms with van der Waals surface area (Å²) in [7, 11) is 0. The minimum atomic E-state index is 0.968. The van der Waals surface area contributed by atoms with Gasteiger partial charge in [-0.15, -0.1) is 0 Å². The molecule has 1 aliphatic rings. The van der Waals surface area contributed by atoms with Crippen LogP contribution in [0.15, 0.2) is 78.5 Å². The van der Waals surface area contributed by atoms with Gasteiger partial charge in [0.05, 0.1) is 0 Å². The zero-order valence-electron chi connectivity index (χ0n) is 13.3. The summed E-state index contributed by atoms with van der Waals surface area (Å²) >= 11 is 0. The van der Waals surface area contributed by atoms with Crippen LogP contribution in [0.1, 0.15) is 25.3 Å². The molecule has 0 fully saturated rings. The zero-order valence-corrected chi connectivity index (χ0v) is 13.3. The van der Waals surface area contributed by atoms with E-state index < -0.39 is 0 Å². The maximum Gasteiger partial charge on any atom is 0.0435 e. The standard InChI is InChI=1S/C21H23N/c1-3-4-14-21-17(2)9-8-15-22(21)16-19-12-7-11-18-10-5-6-13-20(18)19/h3-7,10-14H,1,8-9,15-16H2,2H3/b14-4-. The van der Waals surface area contributed by atoms with Crippen molar-refractivity contribution in [3.63, 3.8) is 0 Å². The average molecular weight is 289 g/mol. The summed E-state index contributed by atoms with van der Waals surface area (Å²) in [5.41, 5.74) is 4.24. The molecule has 0 radical (unpaired) electrons. The van der Waals surface area contributed by atoms with Crippen molar-refractivity contribution in [3.8, 4) is 0 Å². The van der Waals surface area contributed by atoms with Crippen molar-refractivity contribution < 1.29 is 0 Å². The van der Waals surface area contributed by atoms with Crippen molar-refractivity contribution in [3.05, 3.63) is 84.1 Å². The van der Waals surface area contributed by atoms with Gasteiger partial charge in [-0.05, 0) is 47.8 Å². The van der Waals surface area contributed by atoms with Crippen LogP contribution in [0.25, 0.3) is 10.8 Å². The summed E-state index contributed by atoms with van der Waals surface area (Å²) < 4.78 is 0. The number of hydrogen-bond donors (Lipinski definition) is 0. The summed E-state index contributed by atoms with van der Waals surface area (Å²) in [5, 5.41) is 2.68. The molecule has 1 heterocycles. The maximum atomic E-state index is 3.79. The summed E-state index contributed by atoms with van der Waals surface area (Å²) in [6.07, 6.45) is 8.53. The topological polar surface area (TPSA) is 3.24 Å². The quantitative estimate of drug-likeness (QED) is 0.676. The molecular weight excluding hydrogens is 266 g/mol. The maximum absolute atomic E-state index is 3.79. The van der Waals surface area contributed by atoms with Crippen LogP contribution in [0.3, 0.4) is 0 Å². The Hall–Kier alpha value is -2.28. The van der Waals surface area contributed by atoms with Crippen LogP contribution in [-0.4, -0.2) is 11.4 Å². The third-order valence-corrected chi connectivity index (χ3v) is 4.39. The van der Waals surface area contributed by atoms with E-state index in [1.807, 2.05) is 12.2 Å². The highest BCUT2D eigenvalue weighted by molar-refractivity contribution is 5.85. The lowest BCUT2D eigenvalue weighted by Gasteiger charge is -2.32. The van der Waals surface area contributed by atoms with E-state index in [9.17, 15) is 0 Å². The van der Waals surface area contributed by atoms with Gasteiger partial charge < -0.3 is 4.90 Å². The highest BCUT2D eigenvalue weighted by Gasteiger charge is 2.16. The molecule has 0 aromatic heterocycles. The Morgan fingerprint density at radius 3 is 2.82 bits per heavy atom. The number of hydrogen-bond acceptors (Lipinski definition) is 1. The van der Waals surface area contributed by atoms with Gasteiger partial charge in [-0.25, -0.2) is 0 Å². The molecule has 0 N–H and O–H groups in total. The second kappa shape index (κ2) is 6.65. The number of fused-ring (bicyclic) bond motifs is 1. The van der Waals surface area contributed by atoms with Gasteiger partial charge in [0.25, 0.3) is 0 Å². The van der Waals surface area contributed by atoms with Crippen LogP contribution in [0, 0.1) is 0 Å². The molecule has 2 aromatic rings. The third-order valence-electron chi connectivity index (χ3n) is 4.39. The third kappa shape index (κ3) is 2.99. The number of benzene rings is 2. The Kier molecular flexibility index (Phi) is 4.43. The first-order valence-corrected chi connectivity index (χ1v) is 8.00. The van der Waals surface area contributed by atoms with Crippen molar-refractivity contribution in [2.45, 2.75) is 26.3 Å². The summed E-state index contributed by atoms with van der Waals surface area (Å²) in [5.74, 6) is 0. The van der Waals surface area contributed by atoms with Crippen LogP contribution in [0.5, 0.6) is 0 Å². The number of rotatable bonds is 4. The molecule has 0 saturated heterocycles. The van der Waals surface area contributed by atoms with E-state index in [4.69, 9.17) is 0 Å². The molecule has 0 aliphatic carbocycles. The molecule has 1 nitrogen and oxygen atoms in total. The Labute approximate surface area is 133 Å². The molecule has 0 bridgehead atoms. The predicted molar refractivity (Wildman–Crippen MR) is 95.6 cm³/mol. The van der Waals surface area contributed by atoms with Gasteiger partial charge in [0, 0.05) is 18.8 Å². The van der Waals surface area contributed by atoms with Gasteiger partial charge in [0.2, 0.25) is 0 Å². The summed E-state index contributed by atoms with van der Waals surface area (Å²) in [4.78, 5) is 2.50. The Morgan fingerprint density at radius 1 is 1.14 bits per heavy atom. The van der Waals surface area contributed by atoms with E-state index in [-0.39, 0.29) is 0 Å². The van der Waals surface area contributed by atoms with Gasteiger partial charge in [0.15, 0.2) is 0 Å². The fourth-order valence-corrected chi connectivity index (χ4v) is 3.26. The molecule has 2 aromatic carbocycles. The van der Waals surface area contributed by atoms with E-state index >= 15 is 0 Å². The normalized spacial score (nSPS) is 15.8. The molecule has 0 amide bonds. The highest BCUT2D eigenvalue weighted by Crippen LogP contribution is 2.27. The largest absolute Gasteiger partial charge is 0.367 e. The van der Waals surface area contributed by atoms with Crippen LogP contribution >= 0.6 is 0 Å². The van der Waals surface area contributed by atoms with Crippen LogP contribution in [0.4, 0.5) is 0 Å². The minimum absolute atomic E-state index is 0.968. The van der Waals surface area contributed by atoms with Crippen molar-refractivity contribution in [2.75, 3.05) is 6.54 Å². The second-order valence-corrected chi connectivity index (χ2v) is 5.92. The van der Waals surface area contributed by atoms with Crippen molar-refractivity contribution in [1.29, 1.82) is 0 Å². The highest BCUT2D eigenvalue weighted by atomic mass is 15.1. The first-order valence-electron chi connectivity index (χ1n) is 8.00. The number of allylic oxidation sites excluding steroid dienone is 4. The second-order valence-electron chi connectivity index (χ2n) is 5.92. The first-order chi connectivity index (χ1) is 10.8. The van der Waals surface area contributed by atoms with E-state index in [0.29, 0.717) is 0 Å². The lowest BCUT2D eigenvalue weighted by atomic mass is 10.00. The van der Waals surface area contributed by atoms with E-state index in [1.54, 1.807) is 0 Å². The van der Waals surface area contributed by atoms with Gasteiger partial charge in [-0.3, -0.25) is 0 Å². The van der Waals surface area contributed by atoms with Crippen LogP contribution in [-0.2, 0) is 6.54 Å². The monoisotopic (exact) mass is 289 g/mol. The summed E-state index contributed by atoms with van der Waals surface area (Å²) in [6, 6.07) is 15.3. The van der Waals surface area contributed by atoms with E-state index in [0.717, 1.165) is 13.1 Å². The lowest BCUT2D eigenvalue weighted by molar-refractivity contribution is 0.320. The number of nitrogens with zero attached hydrogens (tertiary/aromatic N) is 1. The van der Waals surface area contributed by atoms with Crippen molar-refractivity contribution in [2.24, 2.45) is 0 Å². The molecule has 1 heteroatoms. The Balaban J connectivity index is 1.95. The molecule has 0 unspecified atom stereocenters. The molecule has 0 atom stereocenters. The molecule has 1 aliphatic heterocycles. The first kappa shape index (κ1) is 14.6. The molecule has 0 saturated carbocycles. The Bertz CT molecular complexity index is 731. The molecular formula is C21H23N.